The Labute approximate surface area is 213 Å². The van der Waals surface area contributed by atoms with Crippen LogP contribution in [0.25, 0.3) is 10.9 Å². The summed E-state index contributed by atoms with van der Waals surface area (Å²) in [6.45, 7) is 14.6. The highest BCUT2D eigenvalue weighted by molar-refractivity contribution is 6.01. The van der Waals surface area contributed by atoms with Crippen molar-refractivity contribution in [3.05, 3.63) is 71.1 Å². The lowest BCUT2D eigenvalue weighted by atomic mass is 9.99. The van der Waals surface area contributed by atoms with Gasteiger partial charge in [0, 0.05) is 56.9 Å². The summed E-state index contributed by atoms with van der Waals surface area (Å²) in [5.74, 6) is 0.801. The molecule has 0 atom stereocenters. The van der Waals surface area contributed by atoms with E-state index in [0.29, 0.717) is 31.7 Å². The first-order valence-corrected chi connectivity index (χ1v) is 12.9. The molecule has 0 N–H and O–H groups in total. The van der Waals surface area contributed by atoms with Crippen molar-refractivity contribution in [1.29, 1.82) is 5.26 Å². The minimum atomic E-state index is -0.0247. The lowest BCUT2D eigenvalue weighted by molar-refractivity contribution is 0.0638. The number of benzene rings is 1. The van der Waals surface area contributed by atoms with Crippen LogP contribution in [0.4, 0.5) is 5.82 Å². The Morgan fingerprint density at radius 2 is 1.92 bits per heavy atom. The van der Waals surface area contributed by atoms with E-state index in [1.165, 1.54) is 11.1 Å². The molecule has 0 radical (unpaired) electrons. The van der Waals surface area contributed by atoms with Gasteiger partial charge in [-0.2, -0.15) is 5.26 Å². The van der Waals surface area contributed by atoms with Crippen LogP contribution in [0.2, 0.25) is 0 Å². The van der Waals surface area contributed by atoms with Gasteiger partial charge >= 0.3 is 0 Å². The molecule has 2 aromatic heterocycles. The Morgan fingerprint density at radius 1 is 1.17 bits per heavy atom. The number of anilines is 1. The number of nitriles is 1. The van der Waals surface area contributed by atoms with Crippen LogP contribution in [0.3, 0.4) is 0 Å². The van der Waals surface area contributed by atoms with Crippen molar-refractivity contribution in [1.82, 2.24) is 19.4 Å². The molecule has 0 bridgehead atoms. The number of nitrogens with zero attached hydrogens (tertiary/aromatic N) is 6. The maximum atomic E-state index is 13.7. The summed E-state index contributed by atoms with van der Waals surface area (Å²) in [6, 6.07) is 12.8. The maximum absolute atomic E-state index is 13.7. The number of rotatable bonds is 6. The number of carbonyl (C=O) groups excluding carboxylic acids is 1. The van der Waals surface area contributed by atoms with Crippen molar-refractivity contribution in [3.8, 4) is 6.07 Å². The first-order chi connectivity index (χ1) is 17.5. The second-order valence-electron chi connectivity index (χ2n) is 9.69. The van der Waals surface area contributed by atoms with Crippen molar-refractivity contribution >= 4 is 22.6 Å². The van der Waals surface area contributed by atoms with E-state index >= 15 is 0 Å². The van der Waals surface area contributed by atoms with Gasteiger partial charge in [-0.1, -0.05) is 37.3 Å². The lowest BCUT2D eigenvalue weighted by Crippen LogP contribution is -2.48. The number of hydrogen-bond acceptors (Lipinski definition) is 5. The number of amides is 1. The van der Waals surface area contributed by atoms with Crippen LogP contribution in [-0.4, -0.2) is 64.5 Å². The van der Waals surface area contributed by atoms with Gasteiger partial charge in [-0.15, -0.1) is 6.58 Å². The molecule has 7 nitrogen and oxygen atoms in total. The summed E-state index contributed by atoms with van der Waals surface area (Å²) in [5, 5.41) is 10.6. The van der Waals surface area contributed by atoms with E-state index in [1.807, 2.05) is 17.0 Å². The molecule has 186 valence electrons. The Morgan fingerprint density at radius 3 is 2.61 bits per heavy atom. The number of aromatic nitrogens is 2. The normalized spacial score (nSPS) is 16.1. The smallest absolute Gasteiger partial charge is 0.272 e. The molecular weight excluding hydrogens is 448 g/mol. The highest BCUT2D eigenvalue weighted by Crippen LogP contribution is 2.36. The summed E-state index contributed by atoms with van der Waals surface area (Å²) >= 11 is 0. The third-order valence-electron chi connectivity index (χ3n) is 7.73. The monoisotopic (exact) mass is 482 g/mol. The van der Waals surface area contributed by atoms with Crippen LogP contribution in [0.15, 0.2) is 43.0 Å². The van der Waals surface area contributed by atoms with Gasteiger partial charge < -0.3 is 19.3 Å². The average molecular weight is 483 g/mol. The zero-order valence-electron chi connectivity index (χ0n) is 21.3. The van der Waals surface area contributed by atoms with Crippen LogP contribution in [-0.2, 0) is 25.9 Å². The van der Waals surface area contributed by atoms with E-state index in [4.69, 9.17) is 4.98 Å². The number of hydrogen-bond donors (Lipinski definition) is 0. The molecule has 2 aliphatic rings. The summed E-state index contributed by atoms with van der Waals surface area (Å²) < 4.78 is 2.20. The van der Waals surface area contributed by atoms with Gasteiger partial charge in [-0.25, -0.2) is 4.98 Å². The van der Waals surface area contributed by atoms with Gasteiger partial charge in [0.25, 0.3) is 5.91 Å². The third-order valence-corrected chi connectivity index (χ3v) is 7.73. The summed E-state index contributed by atoms with van der Waals surface area (Å²) in [6.07, 6.45) is 3.11. The quantitative estimate of drug-likeness (QED) is 0.498. The molecule has 36 heavy (non-hydrogen) atoms. The molecule has 0 saturated carbocycles. The van der Waals surface area contributed by atoms with Crippen molar-refractivity contribution in [2.75, 3.05) is 44.2 Å². The topological polar surface area (TPSA) is 68.4 Å². The van der Waals surface area contributed by atoms with Crippen LogP contribution in [0.1, 0.15) is 39.8 Å². The van der Waals surface area contributed by atoms with Gasteiger partial charge in [0.2, 0.25) is 0 Å². The van der Waals surface area contributed by atoms with Crippen molar-refractivity contribution in [3.63, 3.8) is 0 Å². The van der Waals surface area contributed by atoms with E-state index in [2.05, 4.69) is 65.1 Å². The molecule has 2 aliphatic heterocycles. The summed E-state index contributed by atoms with van der Waals surface area (Å²) in [4.78, 5) is 25.3. The number of allylic oxidation sites excluding steroid dienone is 1. The van der Waals surface area contributed by atoms with Crippen molar-refractivity contribution in [2.24, 2.45) is 0 Å². The molecule has 0 unspecified atom stereocenters. The molecule has 0 spiro atoms. The van der Waals surface area contributed by atoms with Gasteiger partial charge in [-0.05, 0) is 42.6 Å². The van der Waals surface area contributed by atoms with Crippen molar-refractivity contribution < 1.29 is 4.79 Å². The van der Waals surface area contributed by atoms with Gasteiger partial charge in [0.15, 0.2) is 5.82 Å². The SMILES string of the molecule is C=CCn1c(C)c(CC#N)c2cc(C(=O)N3CCN(CC)CC3)nc(N3CCc4ccccc4C3)c21. The first-order valence-electron chi connectivity index (χ1n) is 12.9. The van der Waals surface area contributed by atoms with Crippen molar-refractivity contribution in [2.45, 2.75) is 39.8 Å². The molecule has 1 fully saturated rings. The van der Waals surface area contributed by atoms with Crippen LogP contribution in [0, 0.1) is 18.3 Å². The minimum absolute atomic E-state index is 0.0247. The first kappa shape index (κ1) is 24.1. The molecular formula is C29H34N6O. The number of piperazine rings is 1. The Hall–Kier alpha value is -3.63. The summed E-state index contributed by atoms with van der Waals surface area (Å²) in [7, 11) is 0. The van der Waals surface area contributed by atoms with Gasteiger partial charge in [0.05, 0.1) is 18.0 Å². The number of likely N-dealkylation sites (N-methyl/N-ethyl adjacent to an activating group) is 1. The Kier molecular flexibility index (Phi) is 6.80. The fourth-order valence-corrected chi connectivity index (χ4v) is 5.64. The molecule has 1 aromatic carbocycles. The fraction of sp³-hybridized carbons (Fsp3) is 0.414. The Balaban J connectivity index is 1.64. The van der Waals surface area contributed by atoms with E-state index in [0.717, 1.165) is 67.1 Å². The zero-order chi connectivity index (χ0) is 25.2. The highest BCUT2D eigenvalue weighted by Gasteiger charge is 2.28. The number of fused-ring (bicyclic) bond motifs is 2. The third kappa shape index (κ3) is 4.27. The fourth-order valence-electron chi connectivity index (χ4n) is 5.64. The Bertz CT molecular complexity index is 1340. The van der Waals surface area contributed by atoms with Crippen LogP contribution < -0.4 is 4.90 Å². The summed E-state index contributed by atoms with van der Waals surface area (Å²) in [5.41, 5.74) is 6.13. The molecule has 0 aliphatic carbocycles. The van der Waals surface area contributed by atoms with E-state index in [9.17, 15) is 10.1 Å². The maximum Gasteiger partial charge on any atom is 0.272 e. The van der Waals surface area contributed by atoms with E-state index in [1.54, 1.807) is 0 Å². The molecule has 3 aromatic rings. The predicted octanol–water partition coefficient (Wildman–Crippen LogP) is 3.94. The predicted molar refractivity (Wildman–Crippen MR) is 143 cm³/mol. The second kappa shape index (κ2) is 10.2. The van der Waals surface area contributed by atoms with Crippen LogP contribution >= 0.6 is 0 Å². The molecule has 1 amide bonds. The molecule has 5 rings (SSSR count). The average Bonchev–Trinajstić information content (AvgIpc) is 3.18. The lowest BCUT2D eigenvalue weighted by Gasteiger charge is -2.34. The van der Waals surface area contributed by atoms with Gasteiger partial charge in [0.1, 0.15) is 5.69 Å². The number of carbonyl (C=O) groups is 1. The molecule has 4 heterocycles. The number of pyridine rings is 1. The van der Waals surface area contributed by atoms with E-state index in [-0.39, 0.29) is 5.91 Å². The zero-order valence-corrected chi connectivity index (χ0v) is 21.3. The van der Waals surface area contributed by atoms with Gasteiger partial charge in [-0.3, -0.25) is 4.79 Å². The highest BCUT2D eigenvalue weighted by atomic mass is 16.2. The minimum Gasteiger partial charge on any atom is -0.350 e. The molecule has 7 heteroatoms. The van der Waals surface area contributed by atoms with Crippen LogP contribution in [0.5, 0.6) is 0 Å². The second-order valence-corrected chi connectivity index (χ2v) is 9.69. The van der Waals surface area contributed by atoms with E-state index < -0.39 is 0 Å². The molecule has 1 saturated heterocycles. The standard InChI is InChI=1S/C29H34N6O/c1-4-13-35-21(3)24(10-12-30)25-19-26(29(36)33-17-15-32(5-2)16-18-33)31-28(27(25)35)34-14-11-22-8-6-7-9-23(22)20-34/h4,6-9,19H,1,5,10-11,13-18,20H2,2-3H3. The largest absolute Gasteiger partial charge is 0.350 e.